The summed E-state index contributed by atoms with van der Waals surface area (Å²) in [5.41, 5.74) is 0. The molecule has 1 saturated heterocycles. The Balaban J connectivity index is 1.18. The first-order chi connectivity index (χ1) is 15.3. The van der Waals surface area contributed by atoms with Gasteiger partial charge in [-0.1, -0.05) is 19.0 Å². The molecule has 0 spiro atoms. The maximum Gasteiger partial charge on any atom is 0.324 e. The lowest BCUT2D eigenvalue weighted by atomic mass is 9.94. The van der Waals surface area contributed by atoms with Crippen LogP contribution in [0.5, 0.6) is 5.88 Å². The zero-order valence-corrected chi connectivity index (χ0v) is 19.6. The normalized spacial score (nSPS) is 22.9. The van der Waals surface area contributed by atoms with E-state index in [4.69, 9.17) is 14.0 Å². The van der Waals surface area contributed by atoms with Gasteiger partial charge in [0.25, 0.3) is 0 Å². The Morgan fingerprint density at radius 3 is 2.22 bits per heavy atom. The Morgan fingerprint density at radius 2 is 1.66 bits per heavy atom. The second-order valence-corrected chi connectivity index (χ2v) is 10.9. The summed E-state index contributed by atoms with van der Waals surface area (Å²) in [7, 11) is -3.36. The number of nitrogens with zero attached hydrogens (tertiary/aromatic N) is 5. The van der Waals surface area contributed by atoms with Crippen LogP contribution in [-0.4, -0.2) is 66.2 Å². The SMILES string of the molecule is CC(C)c1noc(N2CCC(O[C@H]3CC[C@H](Oc4cnc(S(C)(=O)=O)cn4)CC3)CC2)n1. The summed E-state index contributed by atoms with van der Waals surface area (Å²) in [4.78, 5) is 14.6. The number of hydrogen-bond donors (Lipinski definition) is 0. The Hall–Kier alpha value is -2.27. The number of rotatable bonds is 7. The molecule has 0 bridgehead atoms. The number of ether oxygens (including phenoxy) is 2. The van der Waals surface area contributed by atoms with Gasteiger partial charge in [-0.15, -0.1) is 0 Å². The van der Waals surface area contributed by atoms with Gasteiger partial charge in [-0.3, -0.25) is 0 Å². The fraction of sp³-hybridized carbons (Fsp3) is 0.714. The zero-order chi connectivity index (χ0) is 22.7. The Labute approximate surface area is 188 Å². The Bertz CT molecular complexity index is 978. The van der Waals surface area contributed by atoms with E-state index in [1.165, 1.54) is 12.4 Å². The van der Waals surface area contributed by atoms with Crippen LogP contribution in [0.3, 0.4) is 0 Å². The molecule has 2 aliphatic rings. The molecular weight excluding hydrogens is 434 g/mol. The van der Waals surface area contributed by atoms with Crippen LogP contribution in [0.1, 0.15) is 64.1 Å². The molecule has 4 rings (SSSR count). The van der Waals surface area contributed by atoms with E-state index in [-0.39, 0.29) is 29.3 Å². The zero-order valence-electron chi connectivity index (χ0n) is 18.8. The van der Waals surface area contributed by atoms with E-state index >= 15 is 0 Å². The molecule has 0 N–H and O–H groups in total. The van der Waals surface area contributed by atoms with E-state index in [1.807, 2.05) is 0 Å². The first-order valence-electron chi connectivity index (χ1n) is 11.2. The van der Waals surface area contributed by atoms with Gasteiger partial charge in [-0.2, -0.15) is 4.98 Å². The lowest BCUT2D eigenvalue weighted by molar-refractivity contribution is -0.0534. The molecular formula is C21H31N5O5S. The second kappa shape index (κ2) is 9.70. The van der Waals surface area contributed by atoms with Crippen molar-refractivity contribution in [2.24, 2.45) is 0 Å². The van der Waals surface area contributed by atoms with E-state index in [0.717, 1.165) is 63.7 Å². The molecule has 11 heteroatoms. The average Bonchev–Trinajstić information content (AvgIpc) is 3.26. The van der Waals surface area contributed by atoms with Crippen molar-refractivity contribution in [2.75, 3.05) is 24.2 Å². The highest BCUT2D eigenvalue weighted by molar-refractivity contribution is 7.90. The maximum absolute atomic E-state index is 11.5. The molecule has 10 nitrogen and oxygen atoms in total. The minimum absolute atomic E-state index is 0.0442. The van der Waals surface area contributed by atoms with Gasteiger partial charge in [0.1, 0.15) is 6.10 Å². The highest BCUT2D eigenvalue weighted by atomic mass is 32.2. The molecule has 1 aliphatic carbocycles. The number of anilines is 1. The highest BCUT2D eigenvalue weighted by Gasteiger charge is 2.29. The van der Waals surface area contributed by atoms with Crippen molar-refractivity contribution < 1.29 is 22.4 Å². The molecule has 2 aromatic rings. The number of hydrogen-bond acceptors (Lipinski definition) is 10. The Morgan fingerprint density at radius 1 is 1.00 bits per heavy atom. The minimum atomic E-state index is -3.36. The van der Waals surface area contributed by atoms with Gasteiger partial charge in [0.2, 0.25) is 5.88 Å². The average molecular weight is 466 g/mol. The smallest absolute Gasteiger partial charge is 0.324 e. The summed E-state index contributed by atoms with van der Waals surface area (Å²) in [5, 5.41) is 4.00. The van der Waals surface area contributed by atoms with E-state index in [9.17, 15) is 8.42 Å². The highest BCUT2D eigenvalue weighted by Crippen LogP contribution is 2.28. The summed E-state index contributed by atoms with van der Waals surface area (Å²) in [6.45, 7) is 5.81. The van der Waals surface area contributed by atoms with E-state index in [2.05, 4.69) is 38.9 Å². The fourth-order valence-electron chi connectivity index (χ4n) is 4.06. The number of sulfone groups is 1. The largest absolute Gasteiger partial charge is 0.473 e. The Kier molecular flexibility index (Phi) is 6.94. The van der Waals surface area contributed by atoms with Gasteiger partial charge >= 0.3 is 6.01 Å². The van der Waals surface area contributed by atoms with Crippen LogP contribution in [-0.2, 0) is 14.6 Å². The minimum Gasteiger partial charge on any atom is -0.473 e. The summed E-state index contributed by atoms with van der Waals surface area (Å²) < 4.78 is 40.6. The van der Waals surface area contributed by atoms with Gasteiger partial charge < -0.3 is 18.9 Å². The molecule has 0 atom stereocenters. The van der Waals surface area contributed by atoms with Crippen LogP contribution in [0.15, 0.2) is 21.9 Å². The third-order valence-electron chi connectivity index (χ3n) is 5.94. The maximum atomic E-state index is 11.5. The quantitative estimate of drug-likeness (QED) is 0.603. The third-order valence-corrected chi connectivity index (χ3v) is 6.91. The molecule has 0 unspecified atom stereocenters. The summed E-state index contributed by atoms with van der Waals surface area (Å²) in [6.07, 6.45) is 9.75. The van der Waals surface area contributed by atoms with E-state index in [0.29, 0.717) is 11.9 Å². The molecule has 2 aromatic heterocycles. The van der Waals surface area contributed by atoms with Crippen molar-refractivity contribution in [1.82, 2.24) is 20.1 Å². The lowest BCUT2D eigenvalue weighted by Crippen LogP contribution is -2.39. The van der Waals surface area contributed by atoms with Gasteiger partial charge in [-0.25, -0.2) is 18.4 Å². The van der Waals surface area contributed by atoms with Gasteiger partial charge in [0.05, 0.1) is 24.6 Å². The molecule has 1 saturated carbocycles. The third kappa shape index (κ3) is 5.74. The molecule has 176 valence electrons. The van der Waals surface area contributed by atoms with Crippen LogP contribution in [0.4, 0.5) is 6.01 Å². The summed E-state index contributed by atoms with van der Waals surface area (Å²) in [5.74, 6) is 1.36. The van der Waals surface area contributed by atoms with Crippen molar-refractivity contribution >= 4 is 15.9 Å². The van der Waals surface area contributed by atoms with Crippen LogP contribution < -0.4 is 9.64 Å². The predicted molar refractivity (Wildman–Crippen MR) is 117 cm³/mol. The van der Waals surface area contributed by atoms with Gasteiger partial charge in [-0.05, 0) is 38.5 Å². The molecule has 2 fully saturated rings. The molecule has 0 radical (unpaired) electrons. The molecule has 0 amide bonds. The first-order valence-corrected chi connectivity index (χ1v) is 13.1. The van der Waals surface area contributed by atoms with Crippen LogP contribution >= 0.6 is 0 Å². The standard InChI is InChI=1S/C21H31N5O5S/c1-14(2)20-24-21(31-25-20)26-10-8-17(9-11-26)29-15-4-6-16(7-5-15)30-18-12-23-19(13-22-18)32(3,27)28/h12-17H,4-11H2,1-3H3/t15-,16-. The summed E-state index contributed by atoms with van der Waals surface area (Å²) in [6, 6.07) is 0.609. The van der Waals surface area contributed by atoms with Crippen molar-refractivity contribution in [1.29, 1.82) is 0 Å². The van der Waals surface area contributed by atoms with Crippen LogP contribution in [0, 0.1) is 0 Å². The van der Waals surface area contributed by atoms with Crippen LogP contribution in [0.25, 0.3) is 0 Å². The molecule has 0 aromatic carbocycles. The summed E-state index contributed by atoms with van der Waals surface area (Å²) >= 11 is 0. The number of aromatic nitrogens is 4. The second-order valence-electron chi connectivity index (χ2n) is 8.89. The first kappa shape index (κ1) is 22.9. The molecule has 3 heterocycles. The molecule has 1 aliphatic heterocycles. The molecule has 32 heavy (non-hydrogen) atoms. The van der Waals surface area contributed by atoms with Crippen molar-refractivity contribution in [2.45, 2.75) is 81.6 Å². The van der Waals surface area contributed by atoms with E-state index in [1.54, 1.807) is 0 Å². The fourth-order valence-corrected chi connectivity index (χ4v) is 4.55. The monoisotopic (exact) mass is 465 g/mol. The number of piperidine rings is 1. The van der Waals surface area contributed by atoms with Gasteiger partial charge in [0, 0.05) is 25.3 Å². The predicted octanol–water partition coefficient (Wildman–Crippen LogP) is 2.76. The van der Waals surface area contributed by atoms with Gasteiger partial charge in [0.15, 0.2) is 20.7 Å². The lowest BCUT2D eigenvalue weighted by Gasteiger charge is -2.35. The van der Waals surface area contributed by atoms with Crippen molar-refractivity contribution in [3.63, 3.8) is 0 Å². The topological polar surface area (TPSA) is 121 Å². The van der Waals surface area contributed by atoms with Crippen LogP contribution in [0.2, 0.25) is 0 Å². The van der Waals surface area contributed by atoms with Crippen molar-refractivity contribution in [3.8, 4) is 5.88 Å². The van der Waals surface area contributed by atoms with Crippen molar-refractivity contribution in [3.05, 3.63) is 18.2 Å². The van der Waals surface area contributed by atoms with E-state index < -0.39 is 9.84 Å².